The van der Waals surface area contributed by atoms with Gasteiger partial charge >= 0.3 is 0 Å². The fraction of sp³-hybridized carbons (Fsp3) is 0.143. The van der Waals surface area contributed by atoms with Gasteiger partial charge in [0.2, 0.25) is 5.91 Å². The van der Waals surface area contributed by atoms with Gasteiger partial charge in [0, 0.05) is 5.39 Å². The minimum atomic E-state index is -0.171. The van der Waals surface area contributed by atoms with Gasteiger partial charge in [0.05, 0.1) is 27.0 Å². The molecule has 0 aliphatic carbocycles. The maximum Gasteiger partial charge on any atom is 0.236 e. The minimum Gasteiger partial charge on any atom is -0.301 e. The summed E-state index contributed by atoms with van der Waals surface area (Å²) in [5.74, 6) is -0.0101. The molecule has 0 radical (unpaired) electrons. The van der Waals surface area contributed by atoms with E-state index in [0.717, 1.165) is 32.2 Å². The van der Waals surface area contributed by atoms with Crippen LogP contribution in [0.25, 0.3) is 21.1 Å². The second kappa shape index (κ2) is 7.58. The van der Waals surface area contributed by atoms with Crippen LogP contribution < -0.4 is 5.32 Å². The fourth-order valence-electron chi connectivity index (χ4n) is 2.85. The lowest BCUT2D eigenvalue weighted by Crippen LogP contribution is -2.14. The number of rotatable bonds is 4. The monoisotopic (exact) mass is 404 g/mol. The van der Waals surface area contributed by atoms with E-state index in [-0.39, 0.29) is 11.7 Å². The van der Waals surface area contributed by atoms with Crippen LogP contribution in [0.15, 0.2) is 47.5 Å². The summed E-state index contributed by atoms with van der Waals surface area (Å²) in [6.07, 6.45) is 0. The third-order valence-electron chi connectivity index (χ3n) is 4.19. The highest BCUT2D eigenvalue weighted by Crippen LogP contribution is 2.28. The zero-order valence-corrected chi connectivity index (χ0v) is 16.9. The van der Waals surface area contributed by atoms with E-state index in [0.29, 0.717) is 15.7 Å². The standard InChI is InChI=1S/C21H16N4OS2/c1-12-3-5-16-14(7-12)9-15(10-22)20(23-16)27-11-19(26)25-21-24-17-8-13(2)4-6-18(17)28-21/h3-9H,11H2,1-2H3,(H,24,25,26). The van der Waals surface area contributed by atoms with E-state index in [1.807, 2.05) is 56.3 Å². The molecule has 0 saturated heterocycles. The number of pyridine rings is 1. The maximum absolute atomic E-state index is 12.4. The minimum absolute atomic E-state index is 0.161. The van der Waals surface area contributed by atoms with Gasteiger partial charge in [0.1, 0.15) is 11.1 Å². The number of hydrogen-bond donors (Lipinski definition) is 1. The SMILES string of the molecule is Cc1ccc2nc(SCC(=O)Nc3nc4cc(C)ccc4s3)c(C#N)cc2c1. The van der Waals surface area contributed by atoms with E-state index in [9.17, 15) is 10.1 Å². The predicted octanol–water partition coefficient (Wildman–Crippen LogP) is 5.06. The Labute approximate surface area is 170 Å². The molecule has 0 aliphatic rings. The van der Waals surface area contributed by atoms with Crippen LogP contribution in [0.4, 0.5) is 5.13 Å². The van der Waals surface area contributed by atoms with Gasteiger partial charge in [-0.25, -0.2) is 9.97 Å². The van der Waals surface area contributed by atoms with Crippen molar-refractivity contribution in [3.8, 4) is 6.07 Å². The zero-order chi connectivity index (χ0) is 19.7. The van der Waals surface area contributed by atoms with Crippen LogP contribution in [0.1, 0.15) is 16.7 Å². The maximum atomic E-state index is 12.4. The summed E-state index contributed by atoms with van der Waals surface area (Å²) in [5.41, 5.74) is 4.42. The molecule has 0 atom stereocenters. The Balaban J connectivity index is 1.49. The Hall–Kier alpha value is -2.95. The van der Waals surface area contributed by atoms with Crippen molar-refractivity contribution >= 4 is 55.3 Å². The molecule has 1 N–H and O–H groups in total. The van der Waals surface area contributed by atoms with E-state index in [1.165, 1.54) is 23.1 Å². The van der Waals surface area contributed by atoms with E-state index in [4.69, 9.17) is 0 Å². The number of anilines is 1. The third-order valence-corrected chi connectivity index (χ3v) is 6.13. The number of aromatic nitrogens is 2. The number of carbonyl (C=O) groups is 1. The van der Waals surface area contributed by atoms with E-state index in [2.05, 4.69) is 21.4 Å². The van der Waals surface area contributed by atoms with Gasteiger partial charge in [0.15, 0.2) is 5.13 Å². The largest absolute Gasteiger partial charge is 0.301 e. The molecule has 2 aromatic carbocycles. The van der Waals surface area contributed by atoms with Crippen LogP contribution in [0.3, 0.4) is 0 Å². The molecule has 0 saturated carbocycles. The second-order valence-electron chi connectivity index (χ2n) is 6.48. The lowest BCUT2D eigenvalue weighted by molar-refractivity contribution is -0.113. The van der Waals surface area contributed by atoms with E-state index >= 15 is 0 Å². The number of nitrogens with one attached hydrogen (secondary N) is 1. The van der Waals surface area contributed by atoms with E-state index in [1.54, 1.807) is 0 Å². The first-order valence-corrected chi connectivity index (χ1v) is 10.4. The van der Waals surface area contributed by atoms with Crippen molar-refractivity contribution in [3.63, 3.8) is 0 Å². The molecular weight excluding hydrogens is 388 g/mol. The quantitative estimate of drug-likeness (QED) is 0.481. The molecule has 0 unspecified atom stereocenters. The van der Waals surface area contributed by atoms with Crippen molar-refractivity contribution < 1.29 is 4.79 Å². The molecule has 7 heteroatoms. The third kappa shape index (κ3) is 3.84. The molecule has 4 aromatic rings. The number of nitrogens with zero attached hydrogens (tertiary/aromatic N) is 3. The summed E-state index contributed by atoms with van der Waals surface area (Å²) >= 11 is 2.71. The Morgan fingerprint density at radius 2 is 1.89 bits per heavy atom. The Bertz CT molecular complexity index is 1260. The van der Waals surface area contributed by atoms with E-state index < -0.39 is 0 Å². The highest BCUT2D eigenvalue weighted by Gasteiger charge is 2.12. The molecule has 0 fully saturated rings. The molecule has 2 aromatic heterocycles. The Morgan fingerprint density at radius 1 is 1.11 bits per heavy atom. The molecule has 0 aliphatic heterocycles. The van der Waals surface area contributed by atoms with Gasteiger partial charge in [-0.15, -0.1) is 0 Å². The van der Waals surface area contributed by atoms with Crippen LogP contribution in [0.2, 0.25) is 0 Å². The summed E-state index contributed by atoms with van der Waals surface area (Å²) in [4.78, 5) is 21.4. The highest BCUT2D eigenvalue weighted by molar-refractivity contribution is 8.00. The molecule has 0 bridgehead atoms. The highest BCUT2D eigenvalue weighted by atomic mass is 32.2. The van der Waals surface area contributed by atoms with Crippen molar-refractivity contribution in [2.45, 2.75) is 18.9 Å². The second-order valence-corrected chi connectivity index (χ2v) is 8.47. The molecule has 5 nitrogen and oxygen atoms in total. The first-order valence-electron chi connectivity index (χ1n) is 8.63. The fourth-order valence-corrected chi connectivity index (χ4v) is 4.47. The van der Waals surface area contributed by atoms with Gasteiger partial charge < -0.3 is 5.32 Å². The summed E-state index contributed by atoms with van der Waals surface area (Å²) in [6, 6.07) is 15.9. The smallest absolute Gasteiger partial charge is 0.236 e. The van der Waals surface area contributed by atoms with Crippen molar-refractivity contribution in [2.24, 2.45) is 0 Å². The van der Waals surface area contributed by atoms with Crippen LogP contribution in [-0.4, -0.2) is 21.6 Å². The van der Waals surface area contributed by atoms with Gasteiger partial charge in [-0.2, -0.15) is 5.26 Å². The van der Waals surface area contributed by atoms with Gasteiger partial charge in [0.25, 0.3) is 0 Å². The summed E-state index contributed by atoms with van der Waals surface area (Å²) < 4.78 is 1.03. The van der Waals surface area contributed by atoms with Crippen LogP contribution in [-0.2, 0) is 4.79 Å². The molecule has 1 amide bonds. The molecule has 0 spiro atoms. The van der Waals surface area contributed by atoms with Gasteiger partial charge in [-0.3, -0.25) is 4.79 Å². The van der Waals surface area contributed by atoms with Gasteiger partial charge in [-0.05, 0) is 49.7 Å². The molecule has 2 heterocycles. The number of thiazole rings is 1. The Kier molecular flexibility index (Phi) is 4.99. The van der Waals surface area contributed by atoms with Crippen LogP contribution in [0.5, 0.6) is 0 Å². The molecule has 28 heavy (non-hydrogen) atoms. The number of carbonyl (C=O) groups excluding carboxylic acids is 1. The number of amides is 1. The number of hydrogen-bond acceptors (Lipinski definition) is 6. The number of thioether (sulfide) groups is 1. The van der Waals surface area contributed by atoms with Crippen molar-refractivity contribution in [2.75, 3.05) is 11.1 Å². The topological polar surface area (TPSA) is 78.7 Å². The number of nitriles is 1. The zero-order valence-electron chi connectivity index (χ0n) is 15.3. The number of benzene rings is 2. The lowest BCUT2D eigenvalue weighted by Gasteiger charge is -2.06. The van der Waals surface area contributed by atoms with Crippen molar-refractivity contribution in [3.05, 3.63) is 59.2 Å². The number of fused-ring (bicyclic) bond motifs is 2. The van der Waals surface area contributed by atoms with Crippen molar-refractivity contribution in [1.29, 1.82) is 5.26 Å². The van der Waals surface area contributed by atoms with Gasteiger partial charge in [-0.1, -0.05) is 40.8 Å². The number of aryl methyl sites for hydroxylation is 2. The van der Waals surface area contributed by atoms with Crippen molar-refractivity contribution in [1.82, 2.24) is 9.97 Å². The van der Waals surface area contributed by atoms with Crippen LogP contribution >= 0.6 is 23.1 Å². The molecule has 138 valence electrons. The average molecular weight is 405 g/mol. The first-order chi connectivity index (χ1) is 13.5. The Morgan fingerprint density at radius 3 is 2.71 bits per heavy atom. The summed E-state index contributed by atoms with van der Waals surface area (Å²) in [5, 5.41) is 14.3. The normalized spacial score (nSPS) is 10.9. The summed E-state index contributed by atoms with van der Waals surface area (Å²) in [7, 11) is 0. The lowest BCUT2D eigenvalue weighted by atomic mass is 10.1. The first kappa shape index (κ1) is 18.4. The molecular formula is C21H16N4OS2. The molecule has 4 rings (SSSR count). The predicted molar refractivity (Wildman–Crippen MR) is 115 cm³/mol. The summed E-state index contributed by atoms with van der Waals surface area (Å²) in [6.45, 7) is 4.01. The van der Waals surface area contributed by atoms with Crippen LogP contribution in [0, 0.1) is 25.2 Å². The average Bonchev–Trinajstić information content (AvgIpc) is 3.06.